The van der Waals surface area contributed by atoms with Gasteiger partial charge >= 0.3 is 17.9 Å². The van der Waals surface area contributed by atoms with Crippen LogP contribution in [0.1, 0.15) is 29.8 Å². The fourth-order valence-electron chi connectivity index (χ4n) is 2.39. The first-order valence-corrected chi connectivity index (χ1v) is 8.30. The summed E-state index contributed by atoms with van der Waals surface area (Å²) in [4.78, 5) is 32.2. The van der Waals surface area contributed by atoms with E-state index in [1.807, 2.05) is 0 Å². The van der Waals surface area contributed by atoms with Gasteiger partial charge in [-0.25, -0.2) is 9.59 Å². The highest BCUT2D eigenvalue weighted by atomic mass is 16.5. The van der Waals surface area contributed by atoms with E-state index < -0.39 is 11.9 Å². The van der Waals surface area contributed by atoms with Crippen LogP contribution in [0.25, 0.3) is 5.57 Å². The van der Waals surface area contributed by atoms with Crippen molar-refractivity contribution >= 4 is 17.5 Å². The summed E-state index contributed by atoms with van der Waals surface area (Å²) >= 11 is 0. The molecule has 0 radical (unpaired) electrons. The van der Waals surface area contributed by atoms with Crippen LogP contribution in [-0.4, -0.2) is 47.8 Å². The van der Waals surface area contributed by atoms with Gasteiger partial charge in [0.15, 0.2) is 0 Å². The third-order valence-corrected chi connectivity index (χ3v) is 3.59. The van der Waals surface area contributed by atoms with Gasteiger partial charge in [0.1, 0.15) is 11.3 Å². The highest BCUT2D eigenvalue weighted by Gasteiger charge is 2.24. The molecule has 0 atom stereocenters. The van der Waals surface area contributed by atoms with Crippen molar-refractivity contribution in [2.45, 2.75) is 13.8 Å². The minimum absolute atomic E-state index is 0.0519. The van der Waals surface area contributed by atoms with E-state index >= 15 is 0 Å². The van der Waals surface area contributed by atoms with Gasteiger partial charge in [0.25, 0.3) is 0 Å². The molecule has 9 nitrogen and oxygen atoms in total. The van der Waals surface area contributed by atoms with Gasteiger partial charge in [-0.2, -0.15) is 9.97 Å². The van der Waals surface area contributed by atoms with Crippen molar-refractivity contribution in [3.8, 4) is 23.5 Å². The van der Waals surface area contributed by atoms with Crippen molar-refractivity contribution in [1.82, 2.24) is 9.97 Å². The maximum Gasteiger partial charge on any atom is 0.340 e. The number of allylic oxidation sites excluding steroid dienone is 1. The molecule has 0 aliphatic carbocycles. The van der Waals surface area contributed by atoms with Crippen LogP contribution in [0.4, 0.5) is 0 Å². The normalized spacial score (nSPS) is 10.9. The zero-order chi connectivity index (χ0) is 20.7. The number of hydrogen-bond acceptors (Lipinski definition) is 8. The van der Waals surface area contributed by atoms with Crippen LogP contribution in [-0.2, 0) is 9.53 Å². The van der Waals surface area contributed by atoms with Gasteiger partial charge in [-0.3, -0.25) is 0 Å². The fraction of sp³-hybridized carbons (Fsp3) is 0.263. The predicted octanol–water partition coefficient (Wildman–Crippen LogP) is 2.95. The Kier molecular flexibility index (Phi) is 6.91. The summed E-state index contributed by atoms with van der Waals surface area (Å²) in [7, 11) is 2.82. The molecule has 1 N–H and O–H groups in total. The van der Waals surface area contributed by atoms with E-state index in [1.54, 1.807) is 19.9 Å². The fourth-order valence-corrected chi connectivity index (χ4v) is 2.39. The molecular weight excluding hydrogens is 368 g/mol. The van der Waals surface area contributed by atoms with Crippen LogP contribution in [0.3, 0.4) is 0 Å². The molecule has 148 valence electrons. The molecule has 0 aliphatic rings. The summed E-state index contributed by atoms with van der Waals surface area (Å²) in [5.41, 5.74) is 0.0312. The summed E-state index contributed by atoms with van der Waals surface area (Å²) < 4.78 is 20.7. The monoisotopic (exact) mass is 388 g/mol. The number of carboxylic acids is 1. The van der Waals surface area contributed by atoms with Crippen molar-refractivity contribution in [3.05, 3.63) is 41.5 Å². The third kappa shape index (κ3) is 4.56. The van der Waals surface area contributed by atoms with Crippen LogP contribution >= 0.6 is 0 Å². The van der Waals surface area contributed by atoms with Crippen LogP contribution in [0.2, 0.25) is 0 Å². The summed E-state index contributed by atoms with van der Waals surface area (Å²) in [5.74, 6) is -1.62. The quantitative estimate of drug-likeness (QED) is 0.538. The number of nitrogens with zero attached hydrogens (tertiary/aromatic N) is 2. The first-order valence-electron chi connectivity index (χ1n) is 8.30. The minimum Gasteiger partial charge on any atom is -0.481 e. The van der Waals surface area contributed by atoms with E-state index in [9.17, 15) is 14.7 Å². The zero-order valence-electron chi connectivity index (χ0n) is 15.9. The van der Waals surface area contributed by atoms with Gasteiger partial charge < -0.3 is 24.1 Å². The van der Waals surface area contributed by atoms with Crippen LogP contribution in [0.15, 0.2) is 30.3 Å². The molecule has 0 fully saturated rings. The molecule has 1 heterocycles. The number of rotatable bonds is 8. The van der Waals surface area contributed by atoms with Gasteiger partial charge in [-0.15, -0.1) is 0 Å². The Morgan fingerprint density at radius 1 is 1.14 bits per heavy atom. The number of aromatic carboxylic acids is 1. The van der Waals surface area contributed by atoms with E-state index in [2.05, 4.69) is 9.97 Å². The van der Waals surface area contributed by atoms with Crippen molar-refractivity contribution in [2.75, 3.05) is 20.8 Å². The molecule has 0 saturated heterocycles. The Labute approximate surface area is 161 Å². The standard InChI is InChI=1S/C19H20N2O7/c1-5-11(18(24)27-6-2)12-8-7-9-13(16(12)17(22)23)28-19-20-14(25-3)10-15(21-19)26-4/h5,7-10H,6H2,1-4H3,(H,22,23)/b11-5+. The molecular formula is C19H20N2O7. The second kappa shape index (κ2) is 9.36. The molecule has 1 aromatic heterocycles. The molecule has 2 aromatic rings. The van der Waals surface area contributed by atoms with Crippen molar-refractivity contribution in [2.24, 2.45) is 0 Å². The summed E-state index contributed by atoms with van der Waals surface area (Å²) in [5, 5.41) is 9.73. The number of carboxylic acid groups (broad SMARTS) is 1. The van der Waals surface area contributed by atoms with E-state index in [0.29, 0.717) is 0 Å². The van der Waals surface area contributed by atoms with E-state index in [0.717, 1.165) is 0 Å². The van der Waals surface area contributed by atoms with Gasteiger partial charge in [-0.05, 0) is 19.9 Å². The molecule has 0 aliphatic heterocycles. The van der Waals surface area contributed by atoms with Crippen LogP contribution in [0.5, 0.6) is 23.5 Å². The number of ether oxygens (including phenoxy) is 4. The average Bonchev–Trinajstić information content (AvgIpc) is 2.68. The van der Waals surface area contributed by atoms with Crippen LogP contribution < -0.4 is 14.2 Å². The maximum atomic E-state index is 12.2. The Morgan fingerprint density at radius 2 is 1.79 bits per heavy atom. The lowest BCUT2D eigenvalue weighted by Gasteiger charge is -2.14. The third-order valence-electron chi connectivity index (χ3n) is 3.59. The highest BCUT2D eigenvalue weighted by Crippen LogP contribution is 2.32. The maximum absolute atomic E-state index is 12.2. The first-order chi connectivity index (χ1) is 13.4. The molecule has 2 rings (SSSR count). The lowest BCUT2D eigenvalue weighted by Crippen LogP contribution is -2.12. The Hall–Kier alpha value is -3.62. The van der Waals surface area contributed by atoms with Crippen LogP contribution in [0, 0.1) is 0 Å². The minimum atomic E-state index is -1.29. The van der Waals surface area contributed by atoms with Crippen molar-refractivity contribution in [3.63, 3.8) is 0 Å². The average molecular weight is 388 g/mol. The number of benzene rings is 1. The molecule has 28 heavy (non-hydrogen) atoms. The number of esters is 1. The Balaban J connectivity index is 2.55. The number of methoxy groups -OCH3 is 2. The van der Waals surface area contributed by atoms with E-state index in [4.69, 9.17) is 18.9 Å². The lowest BCUT2D eigenvalue weighted by molar-refractivity contribution is -0.136. The lowest BCUT2D eigenvalue weighted by atomic mass is 9.98. The molecule has 9 heteroatoms. The zero-order valence-corrected chi connectivity index (χ0v) is 15.9. The molecule has 0 spiro atoms. The summed E-state index contributed by atoms with van der Waals surface area (Å²) in [6.45, 7) is 3.43. The second-order valence-corrected chi connectivity index (χ2v) is 5.24. The van der Waals surface area contributed by atoms with Gasteiger partial charge in [0.05, 0.1) is 32.5 Å². The number of aromatic nitrogens is 2. The Morgan fingerprint density at radius 3 is 2.29 bits per heavy atom. The van der Waals surface area contributed by atoms with Gasteiger partial charge in [-0.1, -0.05) is 18.2 Å². The first kappa shape index (κ1) is 20.7. The Bertz CT molecular complexity index is 887. The highest BCUT2D eigenvalue weighted by molar-refractivity contribution is 6.19. The molecule has 0 bridgehead atoms. The smallest absolute Gasteiger partial charge is 0.340 e. The van der Waals surface area contributed by atoms with Gasteiger partial charge in [0, 0.05) is 5.56 Å². The molecule has 1 aromatic carbocycles. The number of carbonyl (C=O) groups is 2. The van der Waals surface area contributed by atoms with Crippen molar-refractivity contribution in [1.29, 1.82) is 0 Å². The molecule has 0 amide bonds. The molecule has 0 saturated carbocycles. The summed E-state index contributed by atoms with van der Waals surface area (Å²) in [6, 6.07) is 5.75. The molecule has 0 unspecified atom stereocenters. The number of carbonyl (C=O) groups excluding carboxylic acids is 1. The summed E-state index contributed by atoms with van der Waals surface area (Å²) in [6.07, 6.45) is 1.48. The van der Waals surface area contributed by atoms with E-state index in [-0.39, 0.29) is 46.8 Å². The largest absolute Gasteiger partial charge is 0.481 e. The SMILES string of the molecule is C/C=C(/C(=O)OCC)c1cccc(Oc2nc(OC)cc(OC)n2)c1C(=O)O. The number of hydrogen-bond donors (Lipinski definition) is 1. The second-order valence-electron chi connectivity index (χ2n) is 5.24. The van der Waals surface area contributed by atoms with E-state index in [1.165, 1.54) is 38.5 Å². The topological polar surface area (TPSA) is 117 Å². The predicted molar refractivity (Wildman–Crippen MR) is 98.9 cm³/mol. The van der Waals surface area contributed by atoms with Gasteiger partial charge in [0.2, 0.25) is 11.8 Å². The van der Waals surface area contributed by atoms with Crippen molar-refractivity contribution < 1.29 is 33.6 Å².